The van der Waals surface area contributed by atoms with Gasteiger partial charge in [0.1, 0.15) is 17.9 Å². The lowest BCUT2D eigenvalue weighted by Gasteiger charge is -2.46. The number of imide groups is 2. The molecule has 314 valence electrons. The third-order valence-electron chi connectivity index (χ3n) is 12.5. The Morgan fingerprint density at radius 2 is 1.65 bits per heavy atom. The second kappa shape index (κ2) is 16.8. The van der Waals surface area contributed by atoms with Gasteiger partial charge in [-0.1, -0.05) is 12.1 Å². The van der Waals surface area contributed by atoms with E-state index in [0.29, 0.717) is 41.5 Å². The molecule has 3 aromatic carbocycles. The van der Waals surface area contributed by atoms with Crippen LogP contribution in [0.5, 0.6) is 5.75 Å². The number of hydrogen-bond acceptors (Lipinski definition) is 9. The summed E-state index contributed by atoms with van der Waals surface area (Å²) in [4.78, 5) is 70.2. The fourth-order valence-electron chi connectivity index (χ4n) is 9.22. The molecule has 8 rings (SSSR count). The number of nitriles is 1. The highest BCUT2D eigenvalue weighted by Gasteiger charge is 2.45. The Bertz CT molecular complexity index is 2460. The summed E-state index contributed by atoms with van der Waals surface area (Å²) in [5.74, 6) is -1.10. The zero-order valence-corrected chi connectivity index (χ0v) is 35.6. The number of nitrogens with zero attached hydrogens (tertiary/aromatic N) is 6. The predicted molar refractivity (Wildman–Crippen MR) is 226 cm³/mol. The van der Waals surface area contributed by atoms with E-state index in [1.54, 1.807) is 28.8 Å². The average Bonchev–Trinajstić information content (AvgIpc) is 3.62. The van der Waals surface area contributed by atoms with Gasteiger partial charge in [-0.05, 0) is 114 Å². The zero-order chi connectivity index (χ0) is 42.5. The Morgan fingerprint density at radius 1 is 0.933 bits per heavy atom. The highest BCUT2D eigenvalue weighted by Crippen LogP contribution is 2.39. The van der Waals surface area contributed by atoms with Gasteiger partial charge >= 0.3 is 9.62 Å². The molecule has 16 heteroatoms. The summed E-state index contributed by atoms with van der Waals surface area (Å²) in [6.07, 6.45) is 4.70. The van der Waals surface area contributed by atoms with E-state index in [2.05, 4.69) is 29.0 Å². The number of halogens is 3. The third-order valence-corrected chi connectivity index (χ3v) is 13.1. The Kier molecular flexibility index (Phi) is 11.7. The highest BCUT2D eigenvalue weighted by atomic mass is 127. The lowest BCUT2D eigenvalue weighted by atomic mass is 9.85. The maximum absolute atomic E-state index is 14.4. The number of amides is 4. The van der Waals surface area contributed by atoms with E-state index in [-0.39, 0.29) is 41.3 Å². The van der Waals surface area contributed by atoms with Crippen LogP contribution in [0.1, 0.15) is 90.6 Å². The summed E-state index contributed by atoms with van der Waals surface area (Å²) >= 11 is 1.01. The number of ether oxygens (including phenoxy) is 1. The third kappa shape index (κ3) is 8.11. The van der Waals surface area contributed by atoms with Crippen molar-refractivity contribution in [2.75, 3.05) is 26.2 Å². The molecule has 4 aromatic rings. The number of alkyl halides is 3. The van der Waals surface area contributed by atoms with E-state index in [9.17, 15) is 38.0 Å². The molecule has 1 aliphatic carbocycles. The smallest absolute Gasteiger partial charge is 0.333 e. The van der Waals surface area contributed by atoms with Crippen molar-refractivity contribution in [2.45, 2.75) is 93.5 Å². The Labute approximate surface area is 359 Å². The molecule has 1 unspecified atom stereocenters. The summed E-state index contributed by atoms with van der Waals surface area (Å²) in [5, 5.41) is 11.6. The number of likely N-dealkylation sites (tertiary alicyclic amines) is 1. The van der Waals surface area contributed by atoms with Crippen molar-refractivity contribution in [3.05, 3.63) is 93.4 Å². The maximum atomic E-state index is 14.4. The van der Waals surface area contributed by atoms with Crippen molar-refractivity contribution in [3.63, 3.8) is 0 Å². The molecular weight excluding hydrogens is 887 g/mol. The molecule has 0 bridgehead atoms. The van der Waals surface area contributed by atoms with Crippen LogP contribution in [-0.4, -0.2) is 97.9 Å². The Balaban J connectivity index is 0.823. The second-order valence-electron chi connectivity index (χ2n) is 16.5. The zero-order valence-electron chi connectivity index (χ0n) is 33.4. The lowest BCUT2D eigenvalue weighted by Crippen LogP contribution is -2.54. The molecule has 1 aromatic heterocycles. The molecule has 1 saturated carbocycles. The first-order valence-electron chi connectivity index (χ1n) is 20.5. The first kappa shape index (κ1) is 41.7. The van der Waals surface area contributed by atoms with Crippen molar-refractivity contribution in [1.29, 1.82) is 5.26 Å². The van der Waals surface area contributed by atoms with E-state index in [1.165, 1.54) is 22.8 Å². The minimum absolute atomic E-state index is 0.0292. The molecule has 0 spiro atoms. The van der Waals surface area contributed by atoms with Gasteiger partial charge in [-0.15, -0.1) is 0 Å². The molecule has 4 amide bonds. The van der Waals surface area contributed by atoms with E-state index < -0.39 is 39.2 Å². The monoisotopic (exact) mass is 933 g/mol. The summed E-state index contributed by atoms with van der Waals surface area (Å²) in [7, 11) is 0. The van der Waals surface area contributed by atoms with Gasteiger partial charge < -0.3 is 9.64 Å². The number of imidazole rings is 1. The van der Waals surface area contributed by atoms with E-state index in [0.717, 1.165) is 91.3 Å². The molecule has 0 radical (unpaired) electrons. The minimum atomic E-state index is -3.27. The average molecular weight is 934 g/mol. The van der Waals surface area contributed by atoms with Crippen LogP contribution < -0.4 is 15.7 Å². The number of aromatic nitrogens is 2. The van der Waals surface area contributed by atoms with Crippen LogP contribution in [0.2, 0.25) is 0 Å². The number of carbonyl (C=O) groups is 4. The minimum Gasteiger partial charge on any atom is -0.490 e. The van der Waals surface area contributed by atoms with Crippen LogP contribution >= 0.6 is 22.6 Å². The molecule has 13 nitrogen and oxygen atoms in total. The summed E-state index contributed by atoms with van der Waals surface area (Å²) < 4.78 is 35.0. The van der Waals surface area contributed by atoms with E-state index >= 15 is 0 Å². The van der Waals surface area contributed by atoms with Crippen LogP contribution in [0, 0.1) is 17.2 Å². The SMILES string of the molecule is CC(C)N(CC1CCN(CCCn2c(=O)n(-c3ccc(C#N)c(C(F)(F)I)c3)c3ccccc32)CC1)C1CC(Oc2ccc3c(c2)C(=O)N(C2CCC(=O)NC2=O)C3=O)C1. The lowest BCUT2D eigenvalue weighted by molar-refractivity contribution is -0.136. The van der Waals surface area contributed by atoms with Gasteiger partial charge in [0.05, 0.1) is 45.0 Å². The number of hydrogen-bond donors (Lipinski definition) is 1. The van der Waals surface area contributed by atoms with Gasteiger partial charge in [-0.25, -0.2) is 4.79 Å². The Morgan fingerprint density at radius 3 is 2.33 bits per heavy atom. The van der Waals surface area contributed by atoms with Gasteiger partial charge in [0, 0.05) is 67.0 Å². The molecule has 60 heavy (non-hydrogen) atoms. The first-order valence-corrected chi connectivity index (χ1v) is 21.6. The van der Waals surface area contributed by atoms with Crippen LogP contribution in [0.15, 0.2) is 65.5 Å². The Hall–Kier alpha value is -4.99. The van der Waals surface area contributed by atoms with Crippen molar-refractivity contribution in [1.82, 2.24) is 29.2 Å². The standard InChI is InChI=1S/C44H46F2IN7O6/c1-26(2)52(30-20-32(21-30)60-31-10-11-33-34(23-31)42(58)54(41(33)57)38-12-13-39(55)49-40(38)56)25-27-14-18-50(19-15-27)16-5-17-51-36-6-3-4-7-37(36)53(43(51)59)29-9-8-28(24-48)35(22-29)44(45,46)47/h3-4,6-11,22-23,26-27,30,32,38H,5,12-21,25H2,1-2H3,(H,49,55,56). The van der Waals surface area contributed by atoms with Gasteiger partial charge in [-0.3, -0.25) is 43.4 Å². The molecular formula is C44H46F2IN7O6. The fraction of sp³-hybridized carbons (Fsp3) is 0.455. The van der Waals surface area contributed by atoms with Crippen molar-refractivity contribution in [3.8, 4) is 17.5 Å². The summed E-state index contributed by atoms with van der Waals surface area (Å²) in [5.41, 5.74) is 1.20. The van der Waals surface area contributed by atoms with E-state index in [4.69, 9.17) is 4.74 Å². The molecule has 3 aliphatic heterocycles. The molecule has 1 atom stereocenters. The van der Waals surface area contributed by atoms with Crippen LogP contribution in [0.4, 0.5) is 8.78 Å². The summed E-state index contributed by atoms with van der Waals surface area (Å²) in [6, 6.07) is 17.8. The normalized spacial score (nSPS) is 21.4. The van der Waals surface area contributed by atoms with Crippen LogP contribution in [0.25, 0.3) is 16.7 Å². The van der Waals surface area contributed by atoms with Gasteiger partial charge in [0.25, 0.3) is 11.8 Å². The van der Waals surface area contributed by atoms with Gasteiger partial charge in [0.2, 0.25) is 11.8 Å². The highest BCUT2D eigenvalue weighted by molar-refractivity contribution is 14.1. The number of piperidine rings is 2. The second-order valence-corrected chi connectivity index (χ2v) is 17.9. The fourth-order valence-corrected chi connectivity index (χ4v) is 9.67. The number of nitrogens with one attached hydrogen (secondary N) is 1. The topological polar surface area (TPSA) is 150 Å². The first-order chi connectivity index (χ1) is 28.7. The largest absolute Gasteiger partial charge is 0.490 e. The molecule has 4 heterocycles. The van der Waals surface area contributed by atoms with Crippen molar-refractivity contribution in [2.24, 2.45) is 5.92 Å². The van der Waals surface area contributed by atoms with Crippen molar-refractivity contribution >= 4 is 57.3 Å². The summed E-state index contributed by atoms with van der Waals surface area (Å²) in [6.45, 7) is 8.66. The number of para-hydroxylation sites is 2. The predicted octanol–water partition coefficient (Wildman–Crippen LogP) is 5.97. The van der Waals surface area contributed by atoms with Gasteiger partial charge in [-0.2, -0.15) is 14.0 Å². The number of benzene rings is 3. The maximum Gasteiger partial charge on any atom is 0.333 e. The number of aryl methyl sites for hydroxylation is 1. The molecule has 2 saturated heterocycles. The molecule has 4 aliphatic rings. The molecule has 3 fully saturated rings. The van der Waals surface area contributed by atoms with E-state index in [1.807, 2.05) is 24.3 Å². The van der Waals surface area contributed by atoms with Crippen LogP contribution in [0.3, 0.4) is 0 Å². The van der Waals surface area contributed by atoms with Gasteiger partial charge in [0.15, 0.2) is 0 Å². The number of fused-ring (bicyclic) bond motifs is 2. The van der Waals surface area contributed by atoms with Crippen molar-refractivity contribution < 1.29 is 32.7 Å². The van der Waals surface area contributed by atoms with Crippen LogP contribution in [-0.2, 0) is 20.1 Å². The molecule has 1 N–H and O–H groups in total. The number of carbonyl (C=O) groups excluding carboxylic acids is 4. The number of rotatable bonds is 13. The quantitative estimate of drug-likeness (QED) is 0.0973.